The topological polar surface area (TPSA) is 17.1 Å². The fourth-order valence-corrected chi connectivity index (χ4v) is 4.84. The number of benzene rings is 2. The Hall–Kier alpha value is -1.89. The first-order valence-corrected chi connectivity index (χ1v) is 7.08. The van der Waals surface area contributed by atoms with Gasteiger partial charge in [0.25, 0.3) is 0 Å². The van der Waals surface area contributed by atoms with Crippen LogP contribution in [0.15, 0.2) is 48.5 Å². The number of hydrogen-bond acceptors (Lipinski definition) is 1. The first-order valence-electron chi connectivity index (χ1n) is 7.08. The largest absolute Gasteiger partial charge is 0.294 e. The molecule has 0 aliphatic heterocycles. The molecule has 1 nitrogen and oxygen atoms in total. The van der Waals surface area contributed by atoms with Gasteiger partial charge in [0.05, 0.1) is 0 Å². The maximum atomic E-state index is 12.7. The zero-order chi connectivity index (χ0) is 12.6. The van der Waals surface area contributed by atoms with Gasteiger partial charge in [0.15, 0.2) is 5.78 Å². The van der Waals surface area contributed by atoms with Crippen molar-refractivity contribution in [1.82, 2.24) is 0 Å². The van der Waals surface area contributed by atoms with Gasteiger partial charge in [-0.05, 0) is 34.9 Å². The molecule has 5 rings (SSSR count). The molecule has 0 N–H and O–H groups in total. The van der Waals surface area contributed by atoms with Crippen molar-refractivity contribution in [3.8, 4) is 0 Å². The quantitative estimate of drug-likeness (QED) is 0.689. The number of ketones is 1. The molecular weight excluding hydrogens is 232 g/mol. The Kier molecular flexibility index (Phi) is 1.66. The van der Waals surface area contributed by atoms with Crippen LogP contribution in [0.3, 0.4) is 0 Å². The van der Waals surface area contributed by atoms with Crippen LogP contribution in [-0.4, -0.2) is 5.78 Å². The molecule has 2 bridgehead atoms. The molecule has 0 amide bonds. The van der Waals surface area contributed by atoms with E-state index in [2.05, 4.69) is 36.4 Å². The minimum atomic E-state index is 0.220. The summed E-state index contributed by atoms with van der Waals surface area (Å²) in [5, 5.41) is 0. The summed E-state index contributed by atoms with van der Waals surface area (Å²) in [4.78, 5) is 12.7. The molecule has 0 spiro atoms. The third-order valence-corrected chi connectivity index (χ3v) is 5.44. The van der Waals surface area contributed by atoms with Crippen LogP contribution >= 0.6 is 0 Å². The number of Topliss-reactive ketones (excluding diaryl/α,β-unsaturated/α-hetero) is 1. The third-order valence-electron chi connectivity index (χ3n) is 5.44. The van der Waals surface area contributed by atoms with E-state index in [4.69, 9.17) is 0 Å². The van der Waals surface area contributed by atoms with Crippen molar-refractivity contribution in [1.29, 1.82) is 0 Å². The van der Waals surface area contributed by atoms with Crippen molar-refractivity contribution in [2.45, 2.75) is 24.2 Å². The summed E-state index contributed by atoms with van der Waals surface area (Å²) >= 11 is 0. The lowest BCUT2D eigenvalue weighted by Gasteiger charge is -2.26. The van der Waals surface area contributed by atoms with E-state index in [1.165, 1.54) is 23.1 Å². The van der Waals surface area contributed by atoms with E-state index < -0.39 is 0 Å². The van der Waals surface area contributed by atoms with Crippen LogP contribution < -0.4 is 0 Å². The second-order valence-corrected chi connectivity index (χ2v) is 6.08. The van der Waals surface area contributed by atoms with Crippen LogP contribution in [-0.2, 0) is 0 Å². The second-order valence-electron chi connectivity index (χ2n) is 6.08. The Morgan fingerprint density at radius 3 is 2.05 bits per heavy atom. The van der Waals surface area contributed by atoms with Gasteiger partial charge in [-0.15, -0.1) is 0 Å². The summed E-state index contributed by atoms with van der Waals surface area (Å²) in [7, 11) is 0. The SMILES string of the molecule is O=C1c2ccccc2[C@H]2[C@@H]1[C@H]1C[C@@H]2c2ccccc21. The van der Waals surface area contributed by atoms with Crippen molar-refractivity contribution in [2.75, 3.05) is 0 Å². The highest BCUT2D eigenvalue weighted by Crippen LogP contribution is 2.66. The zero-order valence-corrected chi connectivity index (χ0v) is 10.5. The first-order chi connectivity index (χ1) is 9.36. The van der Waals surface area contributed by atoms with Crippen LogP contribution in [0.5, 0.6) is 0 Å². The molecule has 92 valence electrons. The van der Waals surface area contributed by atoms with Gasteiger partial charge in [-0.3, -0.25) is 4.79 Å². The Morgan fingerprint density at radius 2 is 1.32 bits per heavy atom. The number of fused-ring (bicyclic) bond motifs is 10. The lowest BCUT2D eigenvalue weighted by atomic mass is 9.76. The van der Waals surface area contributed by atoms with E-state index in [9.17, 15) is 4.79 Å². The van der Waals surface area contributed by atoms with E-state index in [1.54, 1.807) is 0 Å². The van der Waals surface area contributed by atoms with Crippen LogP contribution in [0, 0.1) is 5.92 Å². The molecule has 0 unspecified atom stereocenters. The lowest BCUT2D eigenvalue weighted by molar-refractivity contribution is 0.0918. The van der Waals surface area contributed by atoms with Gasteiger partial charge in [0.1, 0.15) is 0 Å². The predicted molar refractivity (Wildman–Crippen MR) is 73.5 cm³/mol. The highest BCUT2D eigenvalue weighted by molar-refractivity contribution is 6.04. The Morgan fingerprint density at radius 1 is 0.737 bits per heavy atom. The molecular formula is C18H14O. The van der Waals surface area contributed by atoms with Gasteiger partial charge in [0, 0.05) is 17.4 Å². The number of hydrogen-bond donors (Lipinski definition) is 0. The number of rotatable bonds is 0. The summed E-state index contributed by atoms with van der Waals surface area (Å²) in [6.45, 7) is 0. The van der Waals surface area contributed by atoms with Crippen molar-refractivity contribution in [3.63, 3.8) is 0 Å². The molecule has 2 aromatic rings. The van der Waals surface area contributed by atoms with Gasteiger partial charge in [-0.25, -0.2) is 0 Å². The second kappa shape index (κ2) is 3.16. The molecule has 1 saturated carbocycles. The maximum absolute atomic E-state index is 12.7. The van der Waals surface area contributed by atoms with Crippen LogP contribution in [0.4, 0.5) is 0 Å². The van der Waals surface area contributed by atoms with Crippen LogP contribution in [0.25, 0.3) is 0 Å². The highest BCUT2D eigenvalue weighted by atomic mass is 16.1. The van der Waals surface area contributed by atoms with E-state index in [0.29, 0.717) is 23.5 Å². The van der Waals surface area contributed by atoms with Crippen molar-refractivity contribution in [3.05, 3.63) is 70.8 Å². The third kappa shape index (κ3) is 1.02. The van der Waals surface area contributed by atoms with Crippen molar-refractivity contribution in [2.24, 2.45) is 5.92 Å². The number of carbonyl (C=O) groups is 1. The van der Waals surface area contributed by atoms with Gasteiger partial charge >= 0.3 is 0 Å². The van der Waals surface area contributed by atoms with Gasteiger partial charge in [0.2, 0.25) is 0 Å². The Bertz CT molecular complexity index is 715. The Labute approximate surface area is 112 Å². The molecule has 0 radical (unpaired) electrons. The monoisotopic (exact) mass is 246 g/mol. The predicted octanol–water partition coefficient (Wildman–Crippen LogP) is 3.87. The minimum absolute atomic E-state index is 0.220. The molecule has 0 heterocycles. The van der Waals surface area contributed by atoms with Gasteiger partial charge in [-0.2, -0.15) is 0 Å². The van der Waals surface area contributed by atoms with E-state index >= 15 is 0 Å². The molecule has 2 aromatic carbocycles. The van der Waals surface area contributed by atoms with E-state index in [0.717, 1.165) is 5.56 Å². The summed E-state index contributed by atoms with van der Waals surface area (Å²) in [6.07, 6.45) is 1.18. The van der Waals surface area contributed by atoms with E-state index in [1.807, 2.05) is 12.1 Å². The highest BCUT2D eigenvalue weighted by Gasteiger charge is 2.57. The molecule has 0 aromatic heterocycles. The van der Waals surface area contributed by atoms with Crippen molar-refractivity contribution >= 4 is 5.78 Å². The molecule has 19 heavy (non-hydrogen) atoms. The molecule has 4 atom stereocenters. The van der Waals surface area contributed by atoms with Crippen molar-refractivity contribution < 1.29 is 4.79 Å². The Balaban J connectivity index is 1.76. The summed E-state index contributed by atoms with van der Waals surface area (Å²) in [5.74, 6) is 2.09. The summed E-state index contributed by atoms with van der Waals surface area (Å²) in [5.41, 5.74) is 5.23. The average Bonchev–Trinajstić information content (AvgIpc) is 3.10. The molecule has 0 saturated heterocycles. The standard InChI is InChI=1S/C18H14O/c19-18-13-8-4-3-7-12(13)16-14-9-15(17(16)18)11-6-2-1-5-10(11)14/h1-8,14-17H,9H2/t14-,15+,16-,17+/m1/s1. The first kappa shape index (κ1) is 9.96. The fourth-order valence-electron chi connectivity index (χ4n) is 4.84. The average molecular weight is 246 g/mol. The summed E-state index contributed by atoms with van der Waals surface area (Å²) in [6, 6.07) is 17.0. The lowest BCUT2D eigenvalue weighted by Crippen LogP contribution is -2.20. The summed E-state index contributed by atoms with van der Waals surface area (Å²) < 4.78 is 0. The fraction of sp³-hybridized carbons (Fsp3) is 0.278. The molecule has 1 heteroatoms. The normalized spacial score (nSPS) is 33.2. The molecule has 1 fully saturated rings. The van der Waals surface area contributed by atoms with Gasteiger partial charge < -0.3 is 0 Å². The van der Waals surface area contributed by atoms with Crippen LogP contribution in [0.2, 0.25) is 0 Å². The number of carbonyl (C=O) groups excluding carboxylic acids is 1. The smallest absolute Gasteiger partial charge is 0.167 e. The van der Waals surface area contributed by atoms with Gasteiger partial charge in [-0.1, -0.05) is 48.5 Å². The molecule has 3 aliphatic rings. The van der Waals surface area contributed by atoms with E-state index in [-0.39, 0.29) is 5.92 Å². The van der Waals surface area contributed by atoms with Crippen LogP contribution in [0.1, 0.15) is 51.2 Å². The maximum Gasteiger partial charge on any atom is 0.167 e. The zero-order valence-electron chi connectivity index (χ0n) is 10.5. The minimum Gasteiger partial charge on any atom is -0.294 e. The molecule has 3 aliphatic carbocycles.